The zero-order chi connectivity index (χ0) is 13.4. The summed E-state index contributed by atoms with van der Waals surface area (Å²) in [6.07, 6.45) is 5.46. The minimum atomic E-state index is 0.144. The van der Waals surface area contributed by atoms with Crippen molar-refractivity contribution in [3.05, 3.63) is 50.9 Å². The highest BCUT2D eigenvalue weighted by molar-refractivity contribution is 5.43. The lowest BCUT2D eigenvalue weighted by Crippen LogP contribution is -2.18. The summed E-state index contributed by atoms with van der Waals surface area (Å²) in [6, 6.07) is 6.23. The zero-order valence-electron chi connectivity index (χ0n) is 11.6. The molecule has 3 nitrogen and oxygen atoms in total. The molecule has 1 N–H and O–H groups in total. The molecule has 0 unspecified atom stereocenters. The van der Waals surface area contributed by atoms with Gasteiger partial charge in [-0.3, -0.25) is 9.89 Å². The third-order valence-electron chi connectivity index (χ3n) is 4.03. The van der Waals surface area contributed by atoms with Gasteiger partial charge < -0.3 is 0 Å². The number of aromatic nitrogens is 2. The van der Waals surface area contributed by atoms with E-state index in [-0.39, 0.29) is 5.56 Å². The molecule has 1 heterocycles. The van der Waals surface area contributed by atoms with Crippen LogP contribution in [0, 0.1) is 13.8 Å². The predicted molar refractivity (Wildman–Crippen MR) is 77.1 cm³/mol. The van der Waals surface area contributed by atoms with Crippen molar-refractivity contribution in [1.29, 1.82) is 0 Å². The maximum Gasteiger partial charge on any atom is 0.274 e. The lowest BCUT2D eigenvalue weighted by Gasteiger charge is -2.07. The summed E-state index contributed by atoms with van der Waals surface area (Å²) in [5.41, 5.74) is 5.58. The van der Waals surface area contributed by atoms with Gasteiger partial charge in [0.2, 0.25) is 0 Å². The number of hydrogen-bond acceptors (Lipinski definition) is 1. The van der Waals surface area contributed by atoms with E-state index in [2.05, 4.69) is 30.2 Å². The lowest BCUT2D eigenvalue weighted by atomic mass is 10.1. The molecule has 0 spiro atoms. The topological polar surface area (TPSA) is 37.8 Å². The van der Waals surface area contributed by atoms with Gasteiger partial charge in [-0.05, 0) is 56.7 Å². The van der Waals surface area contributed by atoms with Crippen molar-refractivity contribution < 1.29 is 0 Å². The molecule has 0 bridgehead atoms. The molecule has 1 aromatic carbocycles. The Bertz CT molecular complexity index is 664. The number of aromatic amines is 1. The fourth-order valence-electron chi connectivity index (χ4n) is 2.89. The molecule has 0 atom stereocenters. The van der Waals surface area contributed by atoms with Gasteiger partial charge in [0.1, 0.15) is 0 Å². The minimum absolute atomic E-state index is 0.144. The molecule has 3 rings (SSSR count). The molecular formula is C16H20N2O. The standard InChI is InChI=1S/C16H20N2O/c1-11-8-9-12(2)15(10-11)18-16(19)13-6-4-3-5-7-14(13)17-18/h8-10,17H,3-7H2,1-2H3. The van der Waals surface area contributed by atoms with Gasteiger partial charge in [-0.15, -0.1) is 0 Å². The molecule has 0 saturated carbocycles. The second-order valence-corrected chi connectivity index (χ2v) is 5.56. The van der Waals surface area contributed by atoms with Crippen LogP contribution in [0.5, 0.6) is 0 Å². The van der Waals surface area contributed by atoms with E-state index < -0.39 is 0 Å². The molecule has 0 fully saturated rings. The molecule has 100 valence electrons. The number of nitrogens with zero attached hydrogens (tertiary/aromatic N) is 1. The van der Waals surface area contributed by atoms with E-state index in [9.17, 15) is 4.79 Å². The summed E-state index contributed by atoms with van der Waals surface area (Å²) in [6.45, 7) is 4.11. The van der Waals surface area contributed by atoms with Gasteiger partial charge in [0.15, 0.2) is 0 Å². The Morgan fingerprint density at radius 2 is 1.89 bits per heavy atom. The van der Waals surface area contributed by atoms with Crippen LogP contribution < -0.4 is 5.56 Å². The third-order valence-corrected chi connectivity index (χ3v) is 4.03. The number of benzene rings is 1. The first kappa shape index (κ1) is 12.3. The Morgan fingerprint density at radius 3 is 2.74 bits per heavy atom. The SMILES string of the molecule is Cc1ccc(C)c(-n2[nH]c3c(c2=O)CCCCC3)c1. The summed E-state index contributed by atoms with van der Waals surface area (Å²) >= 11 is 0. The van der Waals surface area contributed by atoms with Crippen LogP contribution in [-0.2, 0) is 12.8 Å². The van der Waals surface area contributed by atoms with Crippen molar-refractivity contribution in [3.63, 3.8) is 0 Å². The van der Waals surface area contributed by atoms with E-state index in [4.69, 9.17) is 0 Å². The largest absolute Gasteiger partial charge is 0.295 e. The summed E-state index contributed by atoms with van der Waals surface area (Å²) < 4.78 is 1.73. The molecule has 1 aliphatic carbocycles. The predicted octanol–water partition coefficient (Wildman–Crippen LogP) is 3.05. The molecule has 1 aliphatic rings. The molecule has 2 aromatic rings. The lowest BCUT2D eigenvalue weighted by molar-refractivity contribution is 0.689. The van der Waals surface area contributed by atoms with Gasteiger partial charge in [0.25, 0.3) is 5.56 Å². The van der Waals surface area contributed by atoms with Crippen molar-refractivity contribution in [2.45, 2.75) is 46.0 Å². The highest BCUT2D eigenvalue weighted by Gasteiger charge is 2.17. The van der Waals surface area contributed by atoms with Crippen LogP contribution in [0.25, 0.3) is 5.69 Å². The fraction of sp³-hybridized carbons (Fsp3) is 0.438. The van der Waals surface area contributed by atoms with Crippen LogP contribution in [0.2, 0.25) is 0 Å². The van der Waals surface area contributed by atoms with Crippen molar-refractivity contribution >= 4 is 0 Å². The first-order valence-corrected chi connectivity index (χ1v) is 7.07. The van der Waals surface area contributed by atoms with Crippen LogP contribution >= 0.6 is 0 Å². The zero-order valence-corrected chi connectivity index (χ0v) is 11.6. The fourth-order valence-corrected chi connectivity index (χ4v) is 2.89. The van der Waals surface area contributed by atoms with Crippen LogP contribution in [-0.4, -0.2) is 9.78 Å². The highest BCUT2D eigenvalue weighted by atomic mass is 16.1. The number of nitrogens with one attached hydrogen (secondary N) is 1. The van der Waals surface area contributed by atoms with Crippen LogP contribution in [0.15, 0.2) is 23.0 Å². The molecule has 0 amide bonds. The Balaban J connectivity index is 2.16. The van der Waals surface area contributed by atoms with E-state index in [1.54, 1.807) is 4.68 Å². The second kappa shape index (κ2) is 4.72. The summed E-state index contributed by atoms with van der Waals surface area (Å²) in [7, 11) is 0. The molecule has 19 heavy (non-hydrogen) atoms. The Kier molecular flexibility index (Phi) is 3.05. The average molecular weight is 256 g/mol. The molecule has 1 aromatic heterocycles. The van der Waals surface area contributed by atoms with Crippen LogP contribution in [0.3, 0.4) is 0 Å². The highest BCUT2D eigenvalue weighted by Crippen LogP contribution is 2.19. The molecule has 0 aliphatic heterocycles. The van der Waals surface area contributed by atoms with Crippen molar-refractivity contribution in [1.82, 2.24) is 9.78 Å². The van der Waals surface area contributed by atoms with E-state index in [1.165, 1.54) is 18.4 Å². The van der Waals surface area contributed by atoms with Gasteiger partial charge in [-0.1, -0.05) is 18.6 Å². The Hall–Kier alpha value is -1.77. The molecule has 0 radical (unpaired) electrons. The first-order valence-electron chi connectivity index (χ1n) is 7.07. The summed E-state index contributed by atoms with van der Waals surface area (Å²) in [5.74, 6) is 0. The van der Waals surface area contributed by atoms with Gasteiger partial charge in [-0.2, -0.15) is 0 Å². The Labute approximate surface area is 113 Å². The van der Waals surface area contributed by atoms with Crippen LogP contribution in [0.4, 0.5) is 0 Å². The normalized spacial score (nSPS) is 15.1. The smallest absolute Gasteiger partial charge is 0.274 e. The third kappa shape index (κ3) is 2.14. The van der Waals surface area contributed by atoms with E-state index in [1.807, 2.05) is 6.92 Å². The minimum Gasteiger partial charge on any atom is -0.295 e. The van der Waals surface area contributed by atoms with Gasteiger partial charge in [0, 0.05) is 11.3 Å². The summed E-state index contributed by atoms with van der Waals surface area (Å²) in [4.78, 5) is 12.6. The van der Waals surface area contributed by atoms with Crippen molar-refractivity contribution in [2.75, 3.05) is 0 Å². The maximum absolute atomic E-state index is 12.6. The molecule has 3 heteroatoms. The van der Waals surface area contributed by atoms with Crippen LogP contribution in [0.1, 0.15) is 41.6 Å². The molecular weight excluding hydrogens is 236 g/mol. The summed E-state index contributed by atoms with van der Waals surface area (Å²) in [5, 5.41) is 3.33. The van der Waals surface area contributed by atoms with E-state index in [0.717, 1.165) is 41.8 Å². The quantitative estimate of drug-likeness (QED) is 0.782. The Morgan fingerprint density at radius 1 is 1.11 bits per heavy atom. The number of aryl methyl sites for hydroxylation is 3. The monoisotopic (exact) mass is 256 g/mol. The maximum atomic E-state index is 12.6. The van der Waals surface area contributed by atoms with Gasteiger partial charge >= 0.3 is 0 Å². The van der Waals surface area contributed by atoms with Gasteiger partial charge in [0.05, 0.1) is 5.69 Å². The van der Waals surface area contributed by atoms with Crippen molar-refractivity contribution in [3.8, 4) is 5.69 Å². The van der Waals surface area contributed by atoms with Gasteiger partial charge in [-0.25, -0.2) is 4.68 Å². The second-order valence-electron chi connectivity index (χ2n) is 5.56. The number of fused-ring (bicyclic) bond motifs is 1. The number of H-pyrrole nitrogens is 1. The molecule has 0 saturated heterocycles. The number of hydrogen-bond donors (Lipinski definition) is 1. The van der Waals surface area contributed by atoms with Crippen molar-refractivity contribution in [2.24, 2.45) is 0 Å². The van der Waals surface area contributed by atoms with E-state index >= 15 is 0 Å². The number of rotatable bonds is 1. The van der Waals surface area contributed by atoms with E-state index in [0.29, 0.717) is 0 Å². The first-order chi connectivity index (χ1) is 9.16. The average Bonchev–Trinajstić information content (AvgIpc) is 2.59.